The summed E-state index contributed by atoms with van der Waals surface area (Å²) in [6, 6.07) is 9.00. The molecule has 1 aliphatic rings. The molecular weight excluding hydrogens is 516 g/mol. The van der Waals surface area contributed by atoms with Crippen LogP contribution in [0, 0.1) is 5.92 Å². The van der Waals surface area contributed by atoms with Crippen LogP contribution in [0.2, 0.25) is 5.02 Å². The van der Waals surface area contributed by atoms with E-state index in [1.54, 1.807) is 19.2 Å². The minimum Gasteiger partial charge on any atom is -0.497 e. The minimum absolute atomic E-state index is 0.190. The number of Topliss-reactive ketones (excluding diaryl/α,β-unsaturated/α-hetero) is 1. The second-order valence-electron chi connectivity index (χ2n) is 10.3. The summed E-state index contributed by atoms with van der Waals surface area (Å²) in [6.45, 7) is 3.71. The Morgan fingerprint density at radius 1 is 1.05 bits per heavy atom. The normalized spacial score (nSPS) is 14.5. The first-order valence-corrected chi connectivity index (χ1v) is 14.0. The van der Waals surface area contributed by atoms with E-state index in [1.807, 2.05) is 36.0 Å². The Hall–Kier alpha value is -3.23. The van der Waals surface area contributed by atoms with Crippen LogP contribution in [0.3, 0.4) is 0 Å². The van der Waals surface area contributed by atoms with Gasteiger partial charge < -0.3 is 30.0 Å². The summed E-state index contributed by atoms with van der Waals surface area (Å²) < 4.78 is 12.6. The molecule has 2 heterocycles. The summed E-state index contributed by atoms with van der Waals surface area (Å²) in [6.07, 6.45) is 7.58. The number of ether oxygens (including phenoxy) is 2. The Labute approximate surface area is 235 Å². The molecule has 1 amide bonds. The van der Waals surface area contributed by atoms with E-state index in [-0.39, 0.29) is 11.7 Å². The molecule has 1 saturated heterocycles. The van der Waals surface area contributed by atoms with E-state index < -0.39 is 0 Å². The average molecular weight is 555 g/mol. The van der Waals surface area contributed by atoms with Gasteiger partial charge in [-0.1, -0.05) is 18.0 Å². The number of hydrogen-bond donors (Lipinski definition) is 2. The van der Waals surface area contributed by atoms with Gasteiger partial charge in [0.25, 0.3) is 5.91 Å². The number of anilines is 1. The van der Waals surface area contributed by atoms with Crippen molar-refractivity contribution in [2.75, 3.05) is 46.1 Å². The molecule has 210 valence electrons. The highest BCUT2D eigenvalue weighted by Crippen LogP contribution is 2.29. The Balaban J connectivity index is 1.14. The number of unbranched alkanes of at least 4 members (excludes halogenated alkanes) is 2. The van der Waals surface area contributed by atoms with E-state index in [0.29, 0.717) is 40.9 Å². The smallest absolute Gasteiger partial charge is 0.255 e. The predicted octanol–water partition coefficient (Wildman–Crippen LogP) is 5.32. The molecule has 4 rings (SSSR count). The molecular formula is C30H39ClN4O4. The lowest BCUT2D eigenvalue weighted by atomic mass is 9.96. The standard InChI is InChI=1S/C30H39ClN4O4/c1-34-19-24(22-15-21(38-2)8-9-27(22)34)28(36)7-5-4-6-12-35-13-10-20(11-14-35)18-33-30(37)23-16-25(31)26(32)17-29(23)39-3/h8-9,15-17,19-20H,4-7,10-14,18,32H2,1-3H3,(H,33,37). The lowest BCUT2D eigenvalue weighted by Gasteiger charge is -2.32. The number of rotatable bonds is 12. The summed E-state index contributed by atoms with van der Waals surface area (Å²) in [7, 11) is 5.12. The third kappa shape index (κ3) is 7.05. The van der Waals surface area contributed by atoms with E-state index in [9.17, 15) is 9.59 Å². The second-order valence-corrected chi connectivity index (χ2v) is 10.7. The number of likely N-dealkylation sites (tertiary alicyclic amines) is 1. The number of nitrogens with zero attached hydrogens (tertiary/aromatic N) is 2. The number of methoxy groups -OCH3 is 2. The van der Waals surface area contributed by atoms with Crippen LogP contribution < -0.4 is 20.5 Å². The fraction of sp³-hybridized carbons (Fsp3) is 0.467. The number of nitrogens with one attached hydrogen (secondary N) is 1. The number of carbonyl (C=O) groups is 2. The van der Waals surface area contributed by atoms with Gasteiger partial charge in [-0.05, 0) is 75.5 Å². The van der Waals surface area contributed by atoms with Gasteiger partial charge in [-0.25, -0.2) is 0 Å². The molecule has 8 nitrogen and oxygen atoms in total. The maximum absolute atomic E-state index is 12.9. The number of benzene rings is 2. The van der Waals surface area contributed by atoms with Gasteiger partial charge in [0.2, 0.25) is 0 Å². The molecule has 0 aliphatic carbocycles. The summed E-state index contributed by atoms with van der Waals surface area (Å²) in [5.41, 5.74) is 8.41. The quantitative estimate of drug-likeness (QED) is 0.179. The van der Waals surface area contributed by atoms with E-state index in [1.165, 1.54) is 7.11 Å². The van der Waals surface area contributed by atoms with Crippen molar-refractivity contribution in [1.82, 2.24) is 14.8 Å². The van der Waals surface area contributed by atoms with Gasteiger partial charge >= 0.3 is 0 Å². The van der Waals surface area contributed by atoms with Gasteiger partial charge in [-0.15, -0.1) is 0 Å². The van der Waals surface area contributed by atoms with Crippen LogP contribution >= 0.6 is 11.6 Å². The average Bonchev–Trinajstić information content (AvgIpc) is 3.28. The molecule has 1 aliphatic heterocycles. The third-order valence-corrected chi connectivity index (χ3v) is 8.02. The zero-order valence-corrected chi connectivity index (χ0v) is 23.9. The van der Waals surface area contributed by atoms with Gasteiger partial charge in [-0.2, -0.15) is 0 Å². The third-order valence-electron chi connectivity index (χ3n) is 7.70. The van der Waals surface area contributed by atoms with Crippen molar-refractivity contribution in [3.8, 4) is 11.5 Å². The number of halogens is 1. The molecule has 0 bridgehead atoms. The summed E-state index contributed by atoms with van der Waals surface area (Å²) in [5, 5.41) is 4.33. The molecule has 2 aromatic carbocycles. The van der Waals surface area contributed by atoms with Crippen molar-refractivity contribution in [2.45, 2.75) is 38.5 Å². The number of piperidine rings is 1. The van der Waals surface area contributed by atoms with Crippen LogP contribution in [0.4, 0.5) is 5.69 Å². The Morgan fingerprint density at radius 3 is 2.54 bits per heavy atom. The number of aromatic nitrogens is 1. The van der Waals surface area contributed by atoms with Gasteiger partial charge in [0.1, 0.15) is 11.5 Å². The Kier molecular flexibility index (Phi) is 9.75. The van der Waals surface area contributed by atoms with Crippen molar-refractivity contribution in [3.63, 3.8) is 0 Å². The van der Waals surface area contributed by atoms with E-state index >= 15 is 0 Å². The van der Waals surface area contributed by atoms with Gasteiger partial charge in [0, 0.05) is 48.7 Å². The van der Waals surface area contributed by atoms with Crippen molar-refractivity contribution in [2.24, 2.45) is 13.0 Å². The van der Waals surface area contributed by atoms with Gasteiger partial charge in [0.05, 0.1) is 30.5 Å². The summed E-state index contributed by atoms with van der Waals surface area (Å²) in [5.74, 6) is 1.62. The van der Waals surface area contributed by atoms with Gasteiger partial charge in [-0.3, -0.25) is 9.59 Å². The molecule has 3 aromatic rings. The monoisotopic (exact) mass is 554 g/mol. The fourth-order valence-corrected chi connectivity index (χ4v) is 5.48. The molecule has 1 aromatic heterocycles. The first-order chi connectivity index (χ1) is 18.8. The van der Waals surface area contributed by atoms with Crippen LogP contribution in [-0.4, -0.2) is 61.6 Å². The number of amides is 1. The van der Waals surface area contributed by atoms with Gasteiger partial charge in [0.15, 0.2) is 5.78 Å². The molecule has 39 heavy (non-hydrogen) atoms. The lowest BCUT2D eigenvalue weighted by molar-refractivity contribution is 0.0932. The second kappa shape index (κ2) is 13.2. The highest BCUT2D eigenvalue weighted by atomic mass is 35.5. The highest BCUT2D eigenvalue weighted by molar-refractivity contribution is 6.33. The number of nitrogen functional groups attached to an aromatic ring is 1. The molecule has 0 atom stereocenters. The number of ketones is 1. The molecule has 0 spiro atoms. The first-order valence-electron chi connectivity index (χ1n) is 13.6. The van der Waals surface area contributed by atoms with Crippen LogP contribution in [0.25, 0.3) is 10.9 Å². The number of aryl methyl sites for hydroxylation is 1. The molecule has 0 radical (unpaired) electrons. The minimum atomic E-state index is -0.201. The number of hydrogen-bond acceptors (Lipinski definition) is 6. The van der Waals surface area contributed by atoms with Crippen LogP contribution in [-0.2, 0) is 7.05 Å². The number of nitrogens with two attached hydrogens (primary N) is 1. The predicted molar refractivity (Wildman–Crippen MR) is 156 cm³/mol. The van der Waals surface area contributed by atoms with Crippen molar-refractivity contribution in [1.29, 1.82) is 0 Å². The van der Waals surface area contributed by atoms with Crippen LogP contribution in [0.5, 0.6) is 11.5 Å². The zero-order chi connectivity index (χ0) is 27.9. The van der Waals surface area contributed by atoms with E-state index in [2.05, 4.69) is 10.2 Å². The number of carbonyl (C=O) groups excluding carboxylic acids is 2. The maximum atomic E-state index is 12.9. The van der Waals surface area contributed by atoms with E-state index in [0.717, 1.165) is 74.0 Å². The molecule has 9 heteroatoms. The summed E-state index contributed by atoms with van der Waals surface area (Å²) in [4.78, 5) is 28.1. The van der Waals surface area contributed by atoms with Crippen molar-refractivity contribution in [3.05, 3.63) is 52.7 Å². The lowest BCUT2D eigenvalue weighted by Crippen LogP contribution is -2.39. The zero-order valence-electron chi connectivity index (χ0n) is 23.1. The first kappa shape index (κ1) is 28.8. The largest absolute Gasteiger partial charge is 0.497 e. The Morgan fingerprint density at radius 2 is 1.82 bits per heavy atom. The molecule has 3 N–H and O–H groups in total. The topological polar surface area (TPSA) is 98.8 Å². The van der Waals surface area contributed by atoms with Crippen molar-refractivity contribution < 1.29 is 19.1 Å². The van der Waals surface area contributed by atoms with E-state index in [4.69, 9.17) is 26.8 Å². The highest BCUT2D eigenvalue weighted by Gasteiger charge is 2.21. The molecule has 0 unspecified atom stereocenters. The molecule has 1 fully saturated rings. The molecule has 0 saturated carbocycles. The Bertz CT molecular complexity index is 1310. The maximum Gasteiger partial charge on any atom is 0.255 e. The SMILES string of the molecule is COc1ccc2c(c1)c(C(=O)CCCCCN1CCC(CNC(=O)c3cc(Cl)c(N)cc3OC)CC1)cn2C. The van der Waals surface area contributed by atoms with Crippen LogP contribution in [0.15, 0.2) is 36.5 Å². The van der Waals surface area contributed by atoms with Crippen LogP contribution in [0.1, 0.15) is 59.2 Å². The number of fused-ring (bicyclic) bond motifs is 1. The van der Waals surface area contributed by atoms with Crippen molar-refractivity contribution >= 4 is 39.9 Å². The summed E-state index contributed by atoms with van der Waals surface area (Å²) >= 11 is 6.10. The fourth-order valence-electron chi connectivity index (χ4n) is 5.31.